The van der Waals surface area contributed by atoms with E-state index in [9.17, 15) is 9.18 Å². The summed E-state index contributed by atoms with van der Waals surface area (Å²) in [6, 6.07) is 13.7. The highest BCUT2D eigenvalue weighted by molar-refractivity contribution is 9.10. The van der Waals surface area contributed by atoms with Gasteiger partial charge in [0.1, 0.15) is 5.82 Å². The summed E-state index contributed by atoms with van der Waals surface area (Å²) < 4.78 is 14.8. The molecule has 1 heterocycles. The van der Waals surface area contributed by atoms with Crippen LogP contribution in [0.25, 0.3) is 0 Å². The van der Waals surface area contributed by atoms with Crippen molar-refractivity contribution in [1.29, 1.82) is 0 Å². The van der Waals surface area contributed by atoms with Crippen LogP contribution in [0, 0.1) is 5.82 Å². The van der Waals surface area contributed by atoms with Crippen LogP contribution in [0.4, 0.5) is 14.9 Å². The fraction of sp³-hybridized carbons (Fsp3) is 0.235. The highest BCUT2D eigenvalue weighted by Crippen LogP contribution is 2.34. The standard InChI is InChI=1S/C17H16BrFN2O/c18-13-7-2-4-9-15(13)20-17(22)21-11-5-10-16(21)12-6-1-3-8-14(12)19/h1-4,6-9,16H,5,10-11H2,(H,20,22)/t16-/m0/s1. The molecule has 1 saturated heterocycles. The van der Waals surface area contributed by atoms with Gasteiger partial charge >= 0.3 is 6.03 Å². The molecule has 114 valence electrons. The van der Waals surface area contributed by atoms with E-state index < -0.39 is 0 Å². The van der Waals surface area contributed by atoms with Crippen molar-refractivity contribution in [3.05, 3.63) is 64.4 Å². The minimum atomic E-state index is -0.256. The zero-order valence-electron chi connectivity index (χ0n) is 11.9. The molecule has 0 radical (unpaired) electrons. The van der Waals surface area contributed by atoms with E-state index in [1.165, 1.54) is 6.07 Å². The number of halogens is 2. The lowest BCUT2D eigenvalue weighted by Crippen LogP contribution is -2.34. The van der Waals surface area contributed by atoms with E-state index in [0.29, 0.717) is 17.8 Å². The molecule has 3 nitrogen and oxygen atoms in total. The van der Waals surface area contributed by atoms with Crippen LogP contribution >= 0.6 is 15.9 Å². The van der Waals surface area contributed by atoms with E-state index in [-0.39, 0.29) is 17.9 Å². The SMILES string of the molecule is O=C(Nc1ccccc1Br)N1CCC[C@H]1c1ccccc1F. The number of nitrogens with zero attached hydrogens (tertiary/aromatic N) is 1. The number of hydrogen-bond acceptors (Lipinski definition) is 1. The minimum absolute atomic E-state index is 0.197. The summed E-state index contributed by atoms with van der Waals surface area (Å²) in [6.07, 6.45) is 1.66. The summed E-state index contributed by atoms with van der Waals surface area (Å²) in [4.78, 5) is 14.2. The maximum absolute atomic E-state index is 14.0. The molecule has 3 rings (SSSR count). The van der Waals surface area contributed by atoms with Crippen molar-refractivity contribution in [3.8, 4) is 0 Å². The second kappa shape index (κ2) is 6.48. The van der Waals surface area contributed by atoms with Crippen molar-refractivity contribution in [2.45, 2.75) is 18.9 Å². The first kappa shape index (κ1) is 15.0. The highest BCUT2D eigenvalue weighted by atomic mass is 79.9. The smallest absolute Gasteiger partial charge is 0.317 e. The molecule has 2 aromatic rings. The summed E-state index contributed by atoms with van der Waals surface area (Å²) in [7, 11) is 0. The normalized spacial score (nSPS) is 17.5. The summed E-state index contributed by atoms with van der Waals surface area (Å²) in [5, 5.41) is 2.89. The van der Waals surface area contributed by atoms with Gasteiger partial charge in [0, 0.05) is 16.6 Å². The number of carbonyl (C=O) groups is 1. The molecule has 1 N–H and O–H groups in total. The van der Waals surface area contributed by atoms with E-state index >= 15 is 0 Å². The summed E-state index contributed by atoms with van der Waals surface area (Å²) in [5.41, 5.74) is 1.30. The largest absolute Gasteiger partial charge is 0.322 e. The Hall–Kier alpha value is -1.88. The average Bonchev–Trinajstić information content (AvgIpc) is 2.99. The number of anilines is 1. The topological polar surface area (TPSA) is 32.3 Å². The number of urea groups is 1. The molecule has 1 fully saturated rings. The zero-order valence-corrected chi connectivity index (χ0v) is 13.5. The maximum Gasteiger partial charge on any atom is 0.322 e. The van der Waals surface area contributed by atoms with Crippen LogP contribution in [-0.4, -0.2) is 17.5 Å². The molecular formula is C17H16BrFN2O. The maximum atomic E-state index is 14.0. The molecule has 1 atom stereocenters. The lowest BCUT2D eigenvalue weighted by molar-refractivity contribution is 0.206. The third-order valence-corrected chi connectivity index (χ3v) is 4.58. The number of nitrogens with one attached hydrogen (secondary N) is 1. The molecule has 1 aliphatic heterocycles. The number of para-hydroxylation sites is 1. The van der Waals surface area contributed by atoms with Gasteiger partial charge in [-0.25, -0.2) is 9.18 Å². The molecule has 2 amide bonds. The van der Waals surface area contributed by atoms with Gasteiger partial charge in [-0.3, -0.25) is 0 Å². The van der Waals surface area contributed by atoms with E-state index in [1.807, 2.05) is 24.3 Å². The Morgan fingerprint density at radius 1 is 1.18 bits per heavy atom. The molecule has 0 aliphatic carbocycles. The lowest BCUT2D eigenvalue weighted by atomic mass is 10.0. The van der Waals surface area contributed by atoms with Crippen LogP contribution in [0.3, 0.4) is 0 Å². The van der Waals surface area contributed by atoms with Gasteiger partial charge in [0.2, 0.25) is 0 Å². The van der Waals surface area contributed by atoms with Crippen LogP contribution in [0.2, 0.25) is 0 Å². The number of rotatable bonds is 2. The van der Waals surface area contributed by atoms with Crippen molar-refractivity contribution < 1.29 is 9.18 Å². The van der Waals surface area contributed by atoms with Crippen LogP contribution in [-0.2, 0) is 0 Å². The first-order valence-electron chi connectivity index (χ1n) is 7.23. The Kier molecular flexibility index (Phi) is 4.43. The van der Waals surface area contributed by atoms with Crippen LogP contribution in [0.5, 0.6) is 0 Å². The molecule has 0 saturated carbocycles. The van der Waals surface area contributed by atoms with Crippen molar-refractivity contribution >= 4 is 27.6 Å². The van der Waals surface area contributed by atoms with E-state index in [0.717, 1.165) is 17.3 Å². The predicted octanol–water partition coefficient (Wildman–Crippen LogP) is 4.96. The first-order chi connectivity index (χ1) is 10.7. The van der Waals surface area contributed by atoms with Gasteiger partial charge in [-0.05, 0) is 47.0 Å². The third-order valence-electron chi connectivity index (χ3n) is 3.89. The second-order valence-electron chi connectivity index (χ2n) is 5.28. The lowest BCUT2D eigenvalue weighted by Gasteiger charge is -2.26. The Bertz CT molecular complexity index is 692. The molecule has 22 heavy (non-hydrogen) atoms. The number of hydrogen-bond donors (Lipinski definition) is 1. The Balaban J connectivity index is 1.80. The quantitative estimate of drug-likeness (QED) is 0.804. The van der Waals surface area contributed by atoms with Gasteiger partial charge in [0.15, 0.2) is 0 Å². The molecule has 0 spiro atoms. The minimum Gasteiger partial charge on any atom is -0.317 e. The van der Waals surface area contributed by atoms with Gasteiger partial charge < -0.3 is 10.2 Å². The number of benzene rings is 2. The van der Waals surface area contributed by atoms with Gasteiger partial charge in [0.25, 0.3) is 0 Å². The molecule has 0 aromatic heterocycles. The van der Waals surface area contributed by atoms with Crippen molar-refractivity contribution in [1.82, 2.24) is 4.90 Å². The number of likely N-dealkylation sites (tertiary alicyclic amines) is 1. The van der Waals surface area contributed by atoms with Crippen molar-refractivity contribution in [3.63, 3.8) is 0 Å². The Morgan fingerprint density at radius 2 is 1.91 bits per heavy atom. The molecule has 2 aromatic carbocycles. The average molecular weight is 363 g/mol. The van der Waals surface area contributed by atoms with E-state index in [4.69, 9.17) is 0 Å². The monoisotopic (exact) mass is 362 g/mol. The van der Waals surface area contributed by atoms with Gasteiger partial charge in [-0.1, -0.05) is 30.3 Å². The van der Waals surface area contributed by atoms with Crippen LogP contribution in [0.1, 0.15) is 24.4 Å². The van der Waals surface area contributed by atoms with Crippen molar-refractivity contribution in [2.24, 2.45) is 0 Å². The highest BCUT2D eigenvalue weighted by Gasteiger charge is 2.31. The molecule has 0 bridgehead atoms. The van der Waals surface area contributed by atoms with E-state index in [2.05, 4.69) is 21.2 Å². The Labute approximate surface area is 137 Å². The Morgan fingerprint density at radius 3 is 2.68 bits per heavy atom. The third kappa shape index (κ3) is 2.99. The fourth-order valence-electron chi connectivity index (χ4n) is 2.83. The van der Waals surface area contributed by atoms with Gasteiger partial charge in [-0.15, -0.1) is 0 Å². The molecule has 5 heteroatoms. The zero-order chi connectivity index (χ0) is 15.5. The van der Waals surface area contributed by atoms with Gasteiger partial charge in [-0.2, -0.15) is 0 Å². The van der Waals surface area contributed by atoms with E-state index in [1.54, 1.807) is 23.1 Å². The molecule has 1 aliphatic rings. The summed E-state index contributed by atoms with van der Waals surface area (Å²) in [6.45, 7) is 0.634. The molecular weight excluding hydrogens is 347 g/mol. The first-order valence-corrected chi connectivity index (χ1v) is 8.02. The summed E-state index contributed by atoms with van der Waals surface area (Å²) >= 11 is 3.41. The fourth-order valence-corrected chi connectivity index (χ4v) is 3.21. The predicted molar refractivity (Wildman–Crippen MR) is 88.2 cm³/mol. The van der Waals surface area contributed by atoms with Gasteiger partial charge in [0.05, 0.1) is 11.7 Å². The number of carbonyl (C=O) groups excluding carboxylic acids is 1. The van der Waals surface area contributed by atoms with Crippen LogP contribution < -0.4 is 5.32 Å². The molecule has 0 unspecified atom stereocenters. The van der Waals surface area contributed by atoms with Crippen molar-refractivity contribution in [2.75, 3.05) is 11.9 Å². The summed E-state index contributed by atoms with van der Waals surface area (Å²) in [5.74, 6) is -0.256. The second-order valence-corrected chi connectivity index (χ2v) is 6.14. The number of amides is 2. The van der Waals surface area contributed by atoms with Crippen LogP contribution in [0.15, 0.2) is 53.0 Å².